The predicted octanol–water partition coefficient (Wildman–Crippen LogP) is 2.64. The van der Waals surface area contributed by atoms with E-state index in [0.29, 0.717) is 12.5 Å². The lowest BCUT2D eigenvalue weighted by atomic mass is 10.3. The summed E-state index contributed by atoms with van der Waals surface area (Å²) in [6.45, 7) is 2.79. The van der Waals surface area contributed by atoms with E-state index >= 15 is 0 Å². The molecule has 0 fully saturated rings. The molecule has 21 heavy (non-hydrogen) atoms. The molecule has 0 atom stereocenters. The van der Waals surface area contributed by atoms with Gasteiger partial charge in [0.2, 0.25) is 5.95 Å². The lowest BCUT2D eigenvalue weighted by Gasteiger charge is -2.08. The zero-order valence-electron chi connectivity index (χ0n) is 12.3. The molecule has 7 heteroatoms. The van der Waals surface area contributed by atoms with Gasteiger partial charge >= 0.3 is 0 Å². The van der Waals surface area contributed by atoms with E-state index in [-0.39, 0.29) is 0 Å². The standard InChI is InChI=1S/C14H18N6S/c1-4-9-7-10-12(17-8-11-16-5-6-20(11)3)18-14(15-2)19-13(10)21-9/h5-7H,4,8H2,1-3H3,(H2,15,17,18,19). The zero-order valence-corrected chi connectivity index (χ0v) is 13.2. The Morgan fingerprint density at radius 3 is 2.86 bits per heavy atom. The molecule has 0 aliphatic heterocycles. The van der Waals surface area contributed by atoms with Gasteiger partial charge in [0.15, 0.2) is 0 Å². The minimum Gasteiger partial charge on any atom is -0.362 e. The second kappa shape index (κ2) is 5.69. The highest BCUT2D eigenvalue weighted by atomic mass is 32.1. The fourth-order valence-corrected chi connectivity index (χ4v) is 3.09. The molecule has 0 saturated heterocycles. The number of thiophene rings is 1. The maximum absolute atomic E-state index is 4.53. The van der Waals surface area contributed by atoms with E-state index in [4.69, 9.17) is 0 Å². The van der Waals surface area contributed by atoms with E-state index < -0.39 is 0 Å². The average molecular weight is 302 g/mol. The summed E-state index contributed by atoms with van der Waals surface area (Å²) in [6, 6.07) is 2.17. The molecule has 0 amide bonds. The first kappa shape index (κ1) is 13.8. The van der Waals surface area contributed by atoms with E-state index in [0.717, 1.165) is 28.3 Å². The summed E-state index contributed by atoms with van der Waals surface area (Å²) >= 11 is 1.72. The summed E-state index contributed by atoms with van der Waals surface area (Å²) in [7, 11) is 3.82. The number of rotatable bonds is 5. The van der Waals surface area contributed by atoms with Gasteiger partial charge in [0.1, 0.15) is 16.5 Å². The lowest BCUT2D eigenvalue weighted by molar-refractivity contribution is 0.811. The van der Waals surface area contributed by atoms with E-state index in [9.17, 15) is 0 Å². The normalized spacial score (nSPS) is 11.0. The molecule has 0 saturated carbocycles. The number of aryl methyl sites for hydroxylation is 2. The second-order valence-corrected chi connectivity index (χ2v) is 5.85. The first-order chi connectivity index (χ1) is 10.2. The summed E-state index contributed by atoms with van der Waals surface area (Å²) < 4.78 is 2.00. The fraction of sp³-hybridized carbons (Fsp3) is 0.357. The van der Waals surface area contributed by atoms with Crippen LogP contribution in [0, 0.1) is 0 Å². The van der Waals surface area contributed by atoms with Crippen LogP contribution < -0.4 is 10.6 Å². The Labute approximate surface area is 127 Å². The smallest absolute Gasteiger partial charge is 0.225 e. The minimum absolute atomic E-state index is 0.634. The summed E-state index contributed by atoms with van der Waals surface area (Å²) in [5.41, 5.74) is 0. The van der Waals surface area contributed by atoms with Crippen LogP contribution in [-0.4, -0.2) is 26.6 Å². The quantitative estimate of drug-likeness (QED) is 0.758. The van der Waals surface area contributed by atoms with Crippen LogP contribution in [0.25, 0.3) is 10.2 Å². The molecule has 3 aromatic heterocycles. The van der Waals surface area contributed by atoms with Crippen molar-refractivity contribution in [3.05, 3.63) is 29.2 Å². The fourth-order valence-electron chi connectivity index (χ4n) is 2.12. The zero-order chi connectivity index (χ0) is 14.8. The van der Waals surface area contributed by atoms with Gasteiger partial charge in [-0.2, -0.15) is 4.98 Å². The third-order valence-electron chi connectivity index (χ3n) is 3.35. The minimum atomic E-state index is 0.634. The Morgan fingerprint density at radius 1 is 1.33 bits per heavy atom. The van der Waals surface area contributed by atoms with Crippen molar-refractivity contribution in [2.24, 2.45) is 7.05 Å². The maximum atomic E-state index is 4.53. The van der Waals surface area contributed by atoms with Crippen molar-refractivity contribution in [3.63, 3.8) is 0 Å². The van der Waals surface area contributed by atoms with Crippen LogP contribution in [0.4, 0.5) is 11.8 Å². The van der Waals surface area contributed by atoms with Crippen LogP contribution in [0.2, 0.25) is 0 Å². The number of nitrogens with zero attached hydrogens (tertiary/aromatic N) is 4. The maximum Gasteiger partial charge on any atom is 0.225 e. The monoisotopic (exact) mass is 302 g/mol. The first-order valence-corrected chi connectivity index (χ1v) is 7.71. The van der Waals surface area contributed by atoms with Gasteiger partial charge in [0, 0.05) is 31.4 Å². The molecule has 6 nitrogen and oxygen atoms in total. The van der Waals surface area contributed by atoms with Crippen LogP contribution in [0.1, 0.15) is 17.6 Å². The SMILES string of the molecule is CCc1cc2c(NCc3nccn3C)nc(NC)nc2s1. The summed E-state index contributed by atoms with van der Waals surface area (Å²) in [5.74, 6) is 2.45. The molecule has 3 heterocycles. The largest absolute Gasteiger partial charge is 0.362 e. The van der Waals surface area contributed by atoms with Crippen LogP contribution >= 0.6 is 11.3 Å². The Hall–Kier alpha value is -2.15. The molecule has 3 rings (SSSR count). The van der Waals surface area contributed by atoms with Gasteiger partial charge in [0.05, 0.1) is 11.9 Å². The van der Waals surface area contributed by atoms with Crippen molar-refractivity contribution >= 4 is 33.3 Å². The average Bonchev–Trinajstić information content (AvgIpc) is 3.10. The van der Waals surface area contributed by atoms with Gasteiger partial charge < -0.3 is 15.2 Å². The molecule has 110 valence electrons. The number of nitrogens with one attached hydrogen (secondary N) is 2. The molecule has 0 aliphatic carbocycles. The van der Waals surface area contributed by atoms with Crippen molar-refractivity contribution in [2.75, 3.05) is 17.7 Å². The molecular weight excluding hydrogens is 284 g/mol. The molecule has 0 bridgehead atoms. The highest BCUT2D eigenvalue weighted by Gasteiger charge is 2.11. The number of fused-ring (bicyclic) bond motifs is 1. The van der Waals surface area contributed by atoms with Crippen LogP contribution in [0.5, 0.6) is 0 Å². The lowest BCUT2D eigenvalue weighted by Crippen LogP contribution is -2.08. The molecule has 0 unspecified atom stereocenters. The van der Waals surface area contributed by atoms with Crippen molar-refractivity contribution in [1.82, 2.24) is 19.5 Å². The van der Waals surface area contributed by atoms with Gasteiger partial charge in [-0.3, -0.25) is 0 Å². The van der Waals surface area contributed by atoms with Crippen molar-refractivity contribution in [3.8, 4) is 0 Å². The number of imidazole rings is 1. The molecule has 0 aromatic carbocycles. The van der Waals surface area contributed by atoms with Crippen LogP contribution in [0.15, 0.2) is 18.5 Å². The van der Waals surface area contributed by atoms with E-state index in [2.05, 4.69) is 38.6 Å². The summed E-state index contributed by atoms with van der Waals surface area (Å²) in [4.78, 5) is 15.7. The van der Waals surface area contributed by atoms with Crippen LogP contribution in [0.3, 0.4) is 0 Å². The third kappa shape index (κ3) is 2.69. The molecule has 0 aliphatic rings. The third-order valence-corrected chi connectivity index (χ3v) is 4.52. The number of hydrogen-bond donors (Lipinski definition) is 2. The van der Waals surface area contributed by atoms with E-state index in [1.165, 1.54) is 4.88 Å². The number of hydrogen-bond acceptors (Lipinski definition) is 6. The van der Waals surface area contributed by atoms with Gasteiger partial charge in [-0.15, -0.1) is 11.3 Å². The van der Waals surface area contributed by atoms with E-state index in [1.54, 1.807) is 17.5 Å². The molecule has 0 radical (unpaired) electrons. The Bertz CT molecular complexity index is 760. The molecule has 3 aromatic rings. The Kier molecular flexibility index (Phi) is 3.74. The summed E-state index contributed by atoms with van der Waals surface area (Å²) in [5, 5.41) is 7.46. The van der Waals surface area contributed by atoms with Gasteiger partial charge in [-0.05, 0) is 12.5 Å². The summed E-state index contributed by atoms with van der Waals surface area (Å²) in [6.07, 6.45) is 4.74. The number of aromatic nitrogens is 4. The van der Waals surface area contributed by atoms with Gasteiger partial charge in [-0.25, -0.2) is 9.97 Å². The topological polar surface area (TPSA) is 67.7 Å². The first-order valence-electron chi connectivity index (χ1n) is 6.89. The second-order valence-electron chi connectivity index (χ2n) is 4.74. The van der Waals surface area contributed by atoms with Crippen molar-refractivity contribution < 1.29 is 0 Å². The highest BCUT2D eigenvalue weighted by molar-refractivity contribution is 7.18. The van der Waals surface area contributed by atoms with E-state index in [1.807, 2.05) is 24.9 Å². The van der Waals surface area contributed by atoms with Gasteiger partial charge in [0.25, 0.3) is 0 Å². The predicted molar refractivity (Wildman–Crippen MR) is 86.9 cm³/mol. The molecule has 2 N–H and O–H groups in total. The van der Waals surface area contributed by atoms with Gasteiger partial charge in [-0.1, -0.05) is 6.92 Å². The van der Waals surface area contributed by atoms with Crippen LogP contribution in [-0.2, 0) is 20.0 Å². The molecular formula is C14H18N6S. The van der Waals surface area contributed by atoms with Crippen molar-refractivity contribution in [2.45, 2.75) is 19.9 Å². The Balaban J connectivity index is 1.95. The highest BCUT2D eigenvalue weighted by Crippen LogP contribution is 2.30. The molecule has 0 spiro atoms. The van der Waals surface area contributed by atoms with Crippen molar-refractivity contribution in [1.29, 1.82) is 0 Å². The number of anilines is 2. The Morgan fingerprint density at radius 2 is 2.19 bits per heavy atom.